The maximum atomic E-state index is 13.2. The number of hydrogen-bond donors (Lipinski definition) is 3. The van der Waals surface area contributed by atoms with Gasteiger partial charge in [-0.05, 0) is 103 Å². The van der Waals surface area contributed by atoms with Gasteiger partial charge < -0.3 is 39.0 Å². The Bertz CT molecular complexity index is 1600. The Morgan fingerprint density at radius 1 is 0.418 bits per heavy atom. The SMILES string of the molecule is CCC/C=C\C/C=C\CCCCCCCC(=O)OC1C(OCC(COC(=O)CCCCCCCCCCC/C=C\CCCCCCCC)OC(=O)CCCCCCCCC/C=C\C/C=C\CCCCC)OC(C(=O)O)C(O)C1O. The van der Waals surface area contributed by atoms with E-state index in [-0.39, 0.29) is 25.9 Å². The molecule has 6 atom stereocenters. The number of rotatable bonds is 55. The minimum Gasteiger partial charge on any atom is -0.479 e. The molecule has 1 saturated heterocycles. The van der Waals surface area contributed by atoms with Gasteiger partial charge in [0.1, 0.15) is 18.8 Å². The smallest absolute Gasteiger partial charge is 0.335 e. The highest BCUT2D eigenvalue weighted by molar-refractivity contribution is 5.74. The van der Waals surface area contributed by atoms with Crippen molar-refractivity contribution in [3.05, 3.63) is 60.8 Å². The average molecular weight is 1110 g/mol. The molecule has 0 radical (unpaired) electrons. The topological polar surface area (TPSA) is 175 Å². The molecule has 3 N–H and O–H groups in total. The number of carboxylic acids is 1. The van der Waals surface area contributed by atoms with Crippen molar-refractivity contribution in [3.63, 3.8) is 0 Å². The van der Waals surface area contributed by atoms with Gasteiger partial charge in [-0.1, -0.05) is 229 Å². The first-order valence-electron chi connectivity index (χ1n) is 32.3. The van der Waals surface area contributed by atoms with Gasteiger partial charge in [-0.3, -0.25) is 14.4 Å². The van der Waals surface area contributed by atoms with Crippen LogP contribution >= 0.6 is 0 Å². The van der Waals surface area contributed by atoms with Crippen LogP contribution in [0, 0.1) is 0 Å². The number of hydrogen-bond acceptors (Lipinski definition) is 11. The van der Waals surface area contributed by atoms with Crippen molar-refractivity contribution >= 4 is 23.9 Å². The van der Waals surface area contributed by atoms with Gasteiger partial charge in [0.2, 0.25) is 0 Å². The number of aliphatic carboxylic acids is 1. The first kappa shape index (κ1) is 73.4. The molecule has 0 saturated carbocycles. The summed E-state index contributed by atoms with van der Waals surface area (Å²) in [6, 6.07) is 0. The van der Waals surface area contributed by atoms with E-state index in [1.54, 1.807) is 0 Å². The molecule has 6 unspecified atom stereocenters. The molecule has 0 amide bonds. The molecule has 79 heavy (non-hydrogen) atoms. The number of esters is 3. The predicted octanol–water partition coefficient (Wildman–Crippen LogP) is 17.1. The van der Waals surface area contributed by atoms with Crippen molar-refractivity contribution in [2.45, 2.75) is 327 Å². The van der Waals surface area contributed by atoms with E-state index in [1.807, 2.05) is 0 Å². The lowest BCUT2D eigenvalue weighted by Gasteiger charge is -2.40. The number of unbranched alkanes of at least 4 members (excludes halogenated alkanes) is 31. The molecule has 0 aromatic carbocycles. The Hall–Kier alpha value is -3.58. The summed E-state index contributed by atoms with van der Waals surface area (Å²) in [5.74, 6) is -3.13. The van der Waals surface area contributed by atoms with E-state index in [0.29, 0.717) is 19.3 Å². The zero-order chi connectivity index (χ0) is 57.5. The minimum absolute atomic E-state index is 0.0431. The van der Waals surface area contributed by atoms with Gasteiger partial charge in [-0.25, -0.2) is 4.79 Å². The van der Waals surface area contributed by atoms with E-state index in [1.165, 1.54) is 116 Å². The number of carbonyl (C=O) groups excluding carboxylic acids is 3. The van der Waals surface area contributed by atoms with Crippen LogP contribution < -0.4 is 0 Å². The Morgan fingerprint density at radius 2 is 0.785 bits per heavy atom. The van der Waals surface area contributed by atoms with Gasteiger partial charge in [0.15, 0.2) is 24.6 Å². The van der Waals surface area contributed by atoms with Gasteiger partial charge in [-0.2, -0.15) is 0 Å². The van der Waals surface area contributed by atoms with Crippen molar-refractivity contribution < 1.29 is 58.2 Å². The number of aliphatic hydroxyl groups excluding tert-OH is 2. The Morgan fingerprint density at radius 3 is 1.23 bits per heavy atom. The van der Waals surface area contributed by atoms with E-state index in [9.17, 15) is 34.5 Å². The fourth-order valence-corrected chi connectivity index (χ4v) is 9.55. The second-order valence-corrected chi connectivity index (χ2v) is 22.0. The Balaban J connectivity index is 2.66. The normalized spacial score (nSPS) is 18.2. The Labute approximate surface area is 481 Å². The number of ether oxygens (including phenoxy) is 5. The minimum atomic E-state index is -1.91. The lowest BCUT2D eigenvalue weighted by Crippen LogP contribution is -2.61. The molecule has 1 fully saturated rings. The first-order valence-corrected chi connectivity index (χ1v) is 32.3. The third kappa shape index (κ3) is 44.7. The van der Waals surface area contributed by atoms with Gasteiger partial charge in [-0.15, -0.1) is 0 Å². The van der Waals surface area contributed by atoms with Crippen molar-refractivity contribution in [1.82, 2.24) is 0 Å². The predicted molar refractivity (Wildman–Crippen MR) is 322 cm³/mol. The molecule has 0 aromatic heterocycles. The average Bonchev–Trinajstić information content (AvgIpc) is 3.46. The lowest BCUT2D eigenvalue weighted by molar-refractivity contribution is -0.301. The van der Waals surface area contributed by atoms with Gasteiger partial charge in [0, 0.05) is 19.3 Å². The van der Waals surface area contributed by atoms with Gasteiger partial charge >= 0.3 is 23.9 Å². The Kier molecular flexibility index (Phi) is 51.1. The maximum Gasteiger partial charge on any atom is 0.335 e. The summed E-state index contributed by atoms with van der Waals surface area (Å²) in [5, 5.41) is 31.5. The fourth-order valence-electron chi connectivity index (χ4n) is 9.55. The molecule has 1 aliphatic heterocycles. The van der Waals surface area contributed by atoms with Crippen LogP contribution in [0.4, 0.5) is 0 Å². The largest absolute Gasteiger partial charge is 0.479 e. The molecule has 12 heteroatoms. The second-order valence-electron chi connectivity index (χ2n) is 22.0. The monoisotopic (exact) mass is 1110 g/mol. The number of allylic oxidation sites excluding steroid dienone is 10. The fraction of sp³-hybridized carbons (Fsp3) is 0.791. The molecule has 456 valence electrons. The van der Waals surface area contributed by atoms with E-state index in [2.05, 4.69) is 81.5 Å². The van der Waals surface area contributed by atoms with Crippen LogP contribution in [0.2, 0.25) is 0 Å². The van der Waals surface area contributed by atoms with Crippen LogP contribution in [-0.4, -0.2) is 89.2 Å². The van der Waals surface area contributed by atoms with E-state index < -0.39 is 67.3 Å². The first-order chi connectivity index (χ1) is 38.6. The second kappa shape index (κ2) is 55.0. The zero-order valence-electron chi connectivity index (χ0n) is 50.4. The van der Waals surface area contributed by atoms with Crippen LogP contribution in [-0.2, 0) is 42.9 Å². The molecule has 12 nitrogen and oxygen atoms in total. The number of carboxylic acid groups (broad SMARTS) is 1. The van der Waals surface area contributed by atoms with E-state index in [0.717, 1.165) is 116 Å². The van der Waals surface area contributed by atoms with Gasteiger partial charge in [0.25, 0.3) is 0 Å². The van der Waals surface area contributed by atoms with Crippen molar-refractivity contribution in [2.75, 3.05) is 13.2 Å². The molecular weight excluding hydrogens is 997 g/mol. The quantitative estimate of drug-likeness (QED) is 0.0228. The van der Waals surface area contributed by atoms with Crippen LogP contribution in [0.15, 0.2) is 60.8 Å². The summed E-state index contributed by atoms with van der Waals surface area (Å²) in [6.07, 6.45) is 56.1. The summed E-state index contributed by atoms with van der Waals surface area (Å²) in [7, 11) is 0. The molecule has 1 rings (SSSR count). The molecule has 0 spiro atoms. The van der Waals surface area contributed by atoms with Gasteiger partial charge in [0.05, 0.1) is 6.61 Å². The molecule has 0 aromatic rings. The third-order valence-corrected chi connectivity index (χ3v) is 14.5. The highest BCUT2D eigenvalue weighted by Gasteiger charge is 2.50. The van der Waals surface area contributed by atoms with Crippen molar-refractivity contribution in [1.29, 1.82) is 0 Å². The molecular formula is C67H116O12. The molecule has 0 aliphatic carbocycles. The van der Waals surface area contributed by atoms with Crippen LogP contribution in [0.25, 0.3) is 0 Å². The summed E-state index contributed by atoms with van der Waals surface area (Å²) in [6.45, 7) is 5.91. The lowest BCUT2D eigenvalue weighted by atomic mass is 9.98. The zero-order valence-corrected chi connectivity index (χ0v) is 50.4. The highest BCUT2D eigenvalue weighted by Crippen LogP contribution is 2.27. The van der Waals surface area contributed by atoms with Crippen LogP contribution in [0.1, 0.15) is 290 Å². The summed E-state index contributed by atoms with van der Waals surface area (Å²) < 4.78 is 28.5. The third-order valence-electron chi connectivity index (χ3n) is 14.5. The van der Waals surface area contributed by atoms with Crippen LogP contribution in [0.3, 0.4) is 0 Å². The highest BCUT2D eigenvalue weighted by atomic mass is 16.7. The van der Waals surface area contributed by atoms with Crippen LogP contribution in [0.5, 0.6) is 0 Å². The van der Waals surface area contributed by atoms with E-state index >= 15 is 0 Å². The number of carbonyl (C=O) groups is 4. The summed E-state index contributed by atoms with van der Waals surface area (Å²) in [5.41, 5.74) is 0. The molecule has 1 aliphatic rings. The standard InChI is InChI=1S/C67H116O12/c1-4-7-10-13-16-19-22-25-27-29-30-32-33-36-38-41-44-47-50-53-59(68)75-56-58(77-60(69)54-51-48-45-42-40-37-34-31-28-26-23-20-17-14-11-8-5-2)57-76-67-65(63(72)62(71)64(79-67)66(73)74)78-61(70)55-52-49-46-43-39-35-24-21-18-15-12-9-6-3/h12,15,17,20-21,24-28,58,62-65,67,71-72H,4-11,13-14,16,18-19,22-23,29-57H2,1-3H3,(H,73,74)/b15-12-,20-17-,24-21-,27-25-,28-26-. The molecule has 0 bridgehead atoms. The maximum absolute atomic E-state index is 13.2. The van der Waals surface area contributed by atoms with Crippen molar-refractivity contribution in [3.8, 4) is 0 Å². The van der Waals surface area contributed by atoms with E-state index in [4.69, 9.17) is 23.7 Å². The summed E-state index contributed by atoms with van der Waals surface area (Å²) in [4.78, 5) is 51.3. The summed E-state index contributed by atoms with van der Waals surface area (Å²) >= 11 is 0. The van der Waals surface area contributed by atoms with Crippen molar-refractivity contribution in [2.24, 2.45) is 0 Å². The number of aliphatic hydroxyl groups is 2. The molecule has 1 heterocycles.